The van der Waals surface area contributed by atoms with Gasteiger partial charge in [-0.2, -0.15) is 0 Å². The van der Waals surface area contributed by atoms with E-state index in [4.69, 9.17) is 4.74 Å². The van der Waals surface area contributed by atoms with Crippen LogP contribution in [0.2, 0.25) is 0 Å². The molecule has 0 saturated carbocycles. The van der Waals surface area contributed by atoms with Crippen LogP contribution in [0.3, 0.4) is 0 Å². The fraction of sp³-hybridized carbons (Fsp3) is 0.200. The minimum atomic E-state index is -0.283. The molecule has 0 aromatic carbocycles. The van der Waals surface area contributed by atoms with Crippen LogP contribution >= 0.6 is 0 Å². The van der Waals surface area contributed by atoms with Crippen LogP contribution in [0.1, 0.15) is 6.92 Å². The smallest absolute Gasteiger partial charge is 0.221 e. The molecule has 0 bridgehead atoms. The molecule has 0 aromatic rings. The number of hydrogen-bond acceptors (Lipinski definition) is 3. The normalized spacial score (nSPS) is 17.2. The van der Waals surface area contributed by atoms with Crippen LogP contribution in [0.5, 0.6) is 0 Å². The Labute approximate surface area is 76.4 Å². The van der Waals surface area contributed by atoms with Crippen molar-refractivity contribution in [2.24, 2.45) is 0 Å². The van der Waals surface area contributed by atoms with E-state index in [1.807, 2.05) is 0 Å². The maximum absolute atomic E-state index is 11.3. The molecule has 1 rings (SSSR count). The largest absolute Gasteiger partial charge is 0.492 e. The van der Waals surface area contributed by atoms with E-state index in [1.54, 1.807) is 6.92 Å². The number of ketones is 1. The first-order valence-electron chi connectivity index (χ1n) is 3.77. The molecule has 0 amide bonds. The Kier molecular flexibility index (Phi) is 2.46. The molecule has 0 aliphatic heterocycles. The van der Waals surface area contributed by atoms with Crippen LogP contribution in [-0.4, -0.2) is 19.2 Å². The molecular formula is C10H10O3. The molecule has 0 spiro atoms. The molecule has 13 heavy (non-hydrogen) atoms. The van der Waals surface area contributed by atoms with Gasteiger partial charge in [0.05, 0.1) is 12.7 Å². The van der Waals surface area contributed by atoms with Gasteiger partial charge in [0.25, 0.3) is 0 Å². The van der Waals surface area contributed by atoms with E-state index in [9.17, 15) is 9.59 Å². The van der Waals surface area contributed by atoms with E-state index in [2.05, 4.69) is 6.58 Å². The topological polar surface area (TPSA) is 43.4 Å². The monoisotopic (exact) mass is 178 g/mol. The summed E-state index contributed by atoms with van der Waals surface area (Å²) >= 11 is 0. The van der Waals surface area contributed by atoms with Gasteiger partial charge in [-0.1, -0.05) is 6.58 Å². The van der Waals surface area contributed by atoms with Crippen molar-refractivity contribution in [3.63, 3.8) is 0 Å². The second kappa shape index (κ2) is 3.39. The third-order valence-electron chi connectivity index (χ3n) is 1.94. The molecule has 3 nitrogen and oxygen atoms in total. The average molecular weight is 178 g/mol. The van der Waals surface area contributed by atoms with Gasteiger partial charge in [-0.3, -0.25) is 9.59 Å². The third-order valence-corrected chi connectivity index (χ3v) is 1.94. The van der Waals surface area contributed by atoms with Crippen LogP contribution < -0.4 is 0 Å². The van der Waals surface area contributed by atoms with Crippen molar-refractivity contribution in [1.29, 1.82) is 0 Å². The quantitative estimate of drug-likeness (QED) is 0.596. The Morgan fingerprint density at radius 3 is 2.62 bits per heavy atom. The van der Waals surface area contributed by atoms with Crippen LogP contribution in [0.15, 0.2) is 35.1 Å². The van der Waals surface area contributed by atoms with Crippen LogP contribution in [0.4, 0.5) is 0 Å². The van der Waals surface area contributed by atoms with Crippen LogP contribution in [-0.2, 0) is 14.3 Å². The van der Waals surface area contributed by atoms with Gasteiger partial charge in [-0.15, -0.1) is 0 Å². The molecule has 0 fully saturated rings. The number of allylic oxidation sites excluding steroid dienone is 4. The van der Waals surface area contributed by atoms with Gasteiger partial charge in [0, 0.05) is 0 Å². The summed E-state index contributed by atoms with van der Waals surface area (Å²) in [6.45, 7) is 5.42. The first kappa shape index (κ1) is 9.45. The predicted molar refractivity (Wildman–Crippen MR) is 48.0 cm³/mol. The van der Waals surface area contributed by atoms with Crippen molar-refractivity contribution in [3.8, 4) is 0 Å². The molecule has 68 valence electrons. The fourth-order valence-electron chi connectivity index (χ4n) is 1.17. The van der Waals surface area contributed by atoms with E-state index in [0.717, 1.165) is 0 Å². The second-order valence-electron chi connectivity index (χ2n) is 2.73. The van der Waals surface area contributed by atoms with Gasteiger partial charge < -0.3 is 4.74 Å². The van der Waals surface area contributed by atoms with Gasteiger partial charge in [0.1, 0.15) is 0 Å². The van der Waals surface area contributed by atoms with Crippen molar-refractivity contribution in [2.45, 2.75) is 6.92 Å². The van der Waals surface area contributed by atoms with Gasteiger partial charge in [0.2, 0.25) is 5.78 Å². The van der Waals surface area contributed by atoms with Crippen molar-refractivity contribution >= 4 is 12.1 Å². The maximum Gasteiger partial charge on any atom is 0.221 e. The van der Waals surface area contributed by atoms with Crippen LogP contribution in [0, 0.1) is 0 Å². The second-order valence-corrected chi connectivity index (χ2v) is 2.73. The molecule has 0 unspecified atom stereocenters. The number of methoxy groups -OCH3 is 1. The molecule has 0 atom stereocenters. The standard InChI is InChI=1S/C10H10O3/c1-6-4-9(12)10(13-3)8(5-11)7(6)2/h4-5H,2H2,1,3H3. The summed E-state index contributed by atoms with van der Waals surface area (Å²) in [5.74, 6) is -0.208. The molecule has 1 aliphatic rings. The number of hydrogen-bond donors (Lipinski definition) is 0. The molecule has 0 radical (unpaired) electrons. The van der Waals surface area contributed by atoms with Crippen molar-refractivity contribution in [3.05, 3.63) is 35.1 Å². The molecule has 0 saturated heterocycles. The number of rotatable bonds is 2. The zero-order valence-electron chi connectivity index (χ0n) is 7.59. The van der Waals surface area contributed by atoms with E-state index in [0.29, 0.717) is 17.4 Å². The van der Waals surface area contributed by atoms with Gasteiger partial charge >= 0.3 is 0 Å². The lowest BCUT2D eigenvalue weighted by Crippen LogP contribution is -2.13. The molecular weight excluding hydrogens is 168 g/mol. The Morgan fingerprint density at radius 2 is 2.15 bits per heavy atom. The Morgan fingerprint density at radius 1 is 1.54 bits per heavy atom. The van der Waals surface area contributed by atoms with Gasteiger partial charge in [-0.25, -0.2) is 0 Å². The Hall–Kier alpha value is -1.64. The lowest BCUT2D eigenvalue weighted by atomic mass is 9.93. The zero-order valence-corrected chi connectivity index (χ0v) is 7.59. The summed E-state index contributed by atoms with van der Waals surface area (Å²) in [4.78, 5) is 21.9. The SMILES string of the molecule is C=C1C(C)=CC(=O)C(OC)=C1C=O. The summed E-state index contributed by atoms with van der Waals surface area (Å²) in [6.07, 6.45) is 2.00. The van der Waals surface area contributed by atoms with E-state index in [-0.39, 0.29) is 17.1 Å². The van der Waals surface area contributed by atoms with E-state index < -0.39 is 0 Å². The Bertz CT molecular complexity index is 345. The predicted octanol–water partition coefficient (Wildman–Crippen LogP) is 1.17. The number of carbonyl (C=O) groups is 2. The van der Waals surface area contributed by atoms with E-state index >= 15 is 0 Å². The summed E-state index contributed by atoms with van der Waals surface area (Å²) < 4.78 is 4.82. The highest BCUT2D eigenvalue weighted by Gasteiger charge is 2.22. The number of ether oxygens (including phenoxy) is 1. The third kappa shape index (κ3) is 1.45. The number of carbonyl (C=O) groups excluding carboxylic acids is 2. The lowest BCUT2D eigenvalue weighted by Gasteiger charge is -2.15. The molecule has 0 aromatic heterocycles. The van der Waals surface area contributed by atoms with E-state index in [1.165, 1.54) is 13.2 Å². The lowest BCUT2D eigenvalue weighted by molar-refractivity contribution is -0.115. The first-order valence-corrected chi connectivity index (χ1v) is 3.77. The van der Waals surface area contributed by atoms with Crippen molar-refractivity contribution < 1.29 is 14.3 Å². The van der Waals surface area contributed by atoms with Gasteiger partial charge in [0.15, 0.2) is 12.0 Å². The Balaban J connectivity index is 3.27. The van der Waals surface area contributed by atoms with Crippen LogP contribution in [0.25, 0.3) is 0 Å². The fourth-order valence-corrected chi connectivity index (χ4v) is 1.17. The first-order chi connectivity index (χ1) is 6.11. The maximum atomic E-state index is 11.3. The zero-order chi connectivity index (χ0) is 10.0. The average Bonchev–Trinajstić information content (AvgIpc) is 2.10. The van der Waals surface area contributed by atoms with Crippen molar-refractivity contribution in [1.82, 2.24) is 0 Å². The highest BCUT2D eigenvalue weighted by Crippen LogP contribution is 2.25. The summed E-state index contributed by atoms with van der Waals surface area (Å²) in [7, 11) is 1.36. The van der Waals surface area contributed by atoms with Crippen molar-refractivity contribution in [2.75, 3.05) is 7.11 Å². The minimum absolute atomic E-state index is 0.0746. The number of aldehydes is 1. The highest BCUT2D eigenvalue weighted by molar-refractivity contribution is 6.10. The molecule has 0 N–H and O–H groups in total. The molecule has 0 heterocycles. The summed E-state index contributed by atoms with van der Waals surface area (Å²) in [5.41, 5.74) is 1.49. The highest BCUT2D eigenvalue weighted by atomic mass is 16.5. The molecule has 3 heteroatoms. The van der Waals surface area contributed by atoms with Gasteiger partial charge in [-0.05, 0) is 24.1 Å². The minimum Gasteiger partial charge on any atom is -0.492 e. The summed E-state index contributed by atoms with van der Waals surface area (Å²) in [5, 5.41) is 0. The summed E-state index contributed by atoms with van der Waals surface area (Å²) in [6, 6.07) is 0. The molecule has 1 aliphatic carbocycles.